The van der Waals surface area contributed by atoms with Gasteiger partial charge in [-0.2, -0.15) is 0 Å². The SMILES string of the molecule is CCOc1ccc(CCN2CCNCC2=O)cc1. The number of carbonyl (C=O) groups excluding carboxylic acids is 1. The summed E-state index contributed by atoms with van der Waals surface area (Å²) in [4.78, 5) is 13.5. The van der Waals surface area contributed by atoms with Crippen molar-refractivity contribution >= 4 is 5.91 Å². The van der Waals surface area contributed by atoms with Crippen LogP contribution in [0, 0.1) is 0 Å². The number of benzene rings is 1. The maximum absolute atomic E-state index is 11.6. The Labute approximate surface area is 108 Å². The predicted molar refractivity (Wildman–Crippen MR) is 70.8 cm³/mol. The summed E-state index contributed by atoms with van der Waals surface area (Å²) >= 11 is 0. The maximum Gasteiger partial charge on any atom is 0.236 e. The number of nitrogens with zero attached hydrogens (tertiary/aromatic N) is 1. The molecule has 0 unspecified atom stereocenters. The van der Waals surface area contributed by atoms with Gasteiger partial charge in [0.25, 0.3) is 0 Å². The number of carbonyl (C=O) groups is 1. The van der Waals surface area contributed by atoms with Crippen LogP contribution in [0.25, 0.3) is 0 Å². The molecule has 0 atom stereocenters. The highest BCUT2D eigenvalue weighted by molar-refractivity contribution is 5.78. The van der Waals surface area contributed by atoms with Crippen LogP contribution in [0.1, 0.15) is 12.5 Å². The molecule has 1 aromatic carbocycles. The molecule has 1 heterocycles. The lowest BCUT2D eigenvalue weighted by molar-refractivity contribution is -0.131. The lowest BCUT2D eigenvalue weighted by atomic mass is 10.1. The van der Waals surface area contributed by atoms with Crippen LogP contribution in [0.3, 0.4) is 0 Å². The lowest BCUT2D eigenvalue weighted by Gasteiger charge is -2.27. The second-order valence-corrected chi connectivity index (χ2v) is 4.38. The molecule has 4 nitrogen and oxygen atoms in total. The molecule has 1 aliphatic rings. The Kier molecular flexibility index (Phi) is 4.59. The smallest absolute Gasteiger partial charge is 0.236 e. The van der Waals surface area contributed by atoms with E-state index in [9.17, 15) is 4.79 Å². The summed E-state index contributed by atoms with van der Waals surface area (Å²) in [5.41, 5.74) is 1.24. The monoisotopic (exact) mass is 248 g/mol. The van der Waals surface area contributed by atoms with Crippen LogP contribution in [0.4, 0.5) is 0 Å². The van der Waals surface area contributed by atoms with Gasteiger partial charge in [0.05, 0.1) is 13.2 Å². The first-order valence-electron chi connectivity index (χ1n) is 6.50. The van der Waals surface area contributed by atoms with E-state index in [1.165, 1.54) is 5.56 Å². The minimum absolute atomic E-state index is 0.201. The minimum atomic E-state index is 0.201. The van der Waals surface area contributed by atoms with Crippen LogP contribution >= 0.6 is 0 Å². The van der Waals surface area contributed by atoms with Gasteiger partial charge >= 0.3 is 0 Å². The zero-order valence-electron chi connectivity index (χ0n) is 10.8. The molecule has 98 valence electrons. The summed E-state index contributed by atoms with van der Waals surface area (Å²) < 4.78 is 5.40. The first kappa shape index (κ1) is 12.9. The number of piperazine rings is 1. The Hall–Kier alpha value is -1.55. The molecule has 0 aromatic heterocycles. The maximum atomic E-state index is 11.6. The van der Waals surface area contributed by atoms with E-state index in [4.69, 9.17) is 4.74 Å². The molecule has 1 N–H and O–H groups in total. The second kappa shape index (κ2) is 6.40. The van der Waals surface area contributed by atoms with E-state index in [0.29, 0.717) is 13.2 Å². The van der Waals surface area contributed by atoms with Gasteiger partial charge < -0.3 is 15.0 Å². The van der Waals surface area contributed by atoms with Crippen molar-refractivity contribution in [3.8, 4) is 5.75 Å². The van der Waals surface area contributed by atoms with Gasteiger partial charge in [-0.25, -0.2) is 0 Å². The zero-order chi connectivity index (χ0) is 12.8. The number of hydrogen-bond acceptors (Lipinski definition) is 3. The highest BCUT2D eigenvalue weighted by Crippen LogP contribution is 2.12. The van der Waals surface area contributed by atoms with Crippen molar-refractivity contribution in [2.24, 2.45) is 0 Å². The third kappa shape index (κ3) is 3.47. The number of rotatable bonds is 5. The molecular formula is C14H20N2O2. The average molecular weight is 248 g/mol. The minimum Gasteiger partial charge on any atom is -0.494 e. The largest absolute Gasteiger partial charge is 0.494 e. The fourth-order valence-electron chi connectivity index (χ4n) is 2.07. The fraction of sp³-hybridized carbons (Fsp3) is 0.500. The van der Waals surface area contributed by atoms with Crippen molar-refractivity contribution in [3.63, 3.8) is 0 Å². The molecule has 0 aliphatic carbocycles. The van der Waals surface area contributed by atoms with Crippen LogP contribution in [-0.2, 0) is 11.2 Å². The molecule has 1 amide bonds. The van der Waals surface area contributed by atoms with E-state index in [1.807, 2.05) is 24.0 Å². The van der Waals surface area contributed by atoms with Gasteiger partial charge in [-0.1, -0.05) is 12.1 Å². The standard InChI is InChI=1S/C14H20N2O2/c1-2-18-13-5-3-12(4-6-13)7-9-16-10-8-15-11-14(16)17/h3-6,15H,2,7-11H2,1H3. The summed E-state index contributed by atoms with van der Waals surface area (Å²) in [5.74, 6) is 1.10. The Morgan fingerprint density at radius 1 is 1.33 bits per heavy atom. The molecule has 0 saturated carbocycles. The molecule has 4 heteroatoms. The van der Waals surface area contributed by atoms with Crippen molar-refractivity contribution in [2.75, 3.05) is 32.8 Å². The molecule has 1 saturated heterocycles. The molecule has 1 fully saturated rings. The first-order valence-corrected chi connectivity index (χ1v) is 6.50. The molecular weight excluding hydrogens is 228 g/mol. The lowest BCUT2D eigenvalue weighted by Crippen LogP contribution is -2.48. The van der Waals surface area contributed by atoms with E-state index in [-0.39, 0.29) is 5.91 Å². The van der Waals surface area contributed by atoms with E-state index in [0.717, 1.165) is 31.8 Å². The van der Waals surface area contributed by atoms with Gasteiger partial charge in [-0.15, -0.1) is 0 Å². The van der Waals surface area contributed by atoms with Gasteiger partial charge in [0.15, 0.2) is 0 Å². The summed E-state index contributed by atoms with van der Waals surface area (Å²) in [5, 5.41) is 3.08. The van der Waals surface area contributed by atoms with E-state index >= 15 is 0 Å². The van der Waals surface area contributed by atoms with Crippen LogP contribution in [0.2, 0.25) is 0 Å². The van der Waals surface area contributed by atoms with Crippen molar-refractivity contribution in [1.82, 2.24) is 10.2 Å². The van der Waals surface area contributed by atoms with Crippen LogP contribution in [0.5, 0.6) is 5.75 Å². The highest BCUT2D eigenvalue weighted by Gasteiger charge is 2.16. The Bertz CT molecular complexity index is 389. The predicted octanol–water partition coefficient (Wildman–Crippen LogP) is 1.06. The molecule has 0 spiro atoms. The van der Waals surface area contributed by atoms with Crippen molar-refractivity contribution < 1.29 is 9.53 Å². The van der Waals surface area contributed by atoms with Crippen molar-refractivity contribution in [1.29, 1.82) is 0 Å². The van der Waals surface area contributed by atoms with Gasteiger partial charge in [-0.3, -0.25) is 4.79 Å². The van der Waals surface area contributed by atoms with Gasteiger partial charge in [0.2, 0.25) is 5.91 Å². The fourth-order valence-corrected chi connectivity index (χ4v) is 2.07. The zero-order valence-corrected chi connectivity index (χ0v) is 10.8. The molecule has 0 bridgehead atoms. The van der Waals surface area contributed by atoms with Gasteiger partial charge in [-0.05, 0) is 31.0 Å². The van der Waals surface area contributed by atoms with E-state index in [1.54, 1.807) is 0 Å². The van der Waals surface area contributed by atoms with Crippen LogP contribution < -0.4 is 10.1 Å². The third-order valence-corrected chi connectivity index (χ3v) is 3.09. The second-order valence-electron chi connectivity index (χ2n) is 4.38. The molecule has 0 radical (unpaired) electrons. The Morgan fingerprint density at radius 2 is 2.11 bits per heavy atom. The number of ether oxygens (including phenoxy) is 1. The highest BCUT2D eigenvalue weighted by atomic mass is 16.5. The average Bonchev–Trinajstić information content (AvgIpc) is 2.40. The van der Waals surface area contributed by atoms with Crippen molar-refractivity contribution in [2.45, 2.75) is 13.3 Å². The molecule has 2 rings (SSSR count). The Balaban J connectivity index is 1.83. The summed E-state index contributed by atoms with van der Waals surface area (Å²) in [6.07, 6.45) is 0.901. The van der Waals surface area contributed by atoms with Crippen LogP contribution in [-0.4, -0.2) is 43.6 Å². The normalized spacial score (nSPS) is 15.8. The summed E-state index contributed by atoms with van der Waals surface area (Å²) in [7, 11) is 0. The van der Waals surface area contributed by atoms with Crippen LogP contribution in [0.15, 0.2) is 24.3 Å². The topological polar surface area (TPSA) is 41.6 Å². The third-order valence-electron chi connectivity index (χ3n) is 3.09. The van der Waals surface area contributed by atoms with Gasteiger partial charge in [0.1, 0.15) is 5.75 Å². The molecule has 18 heavy (non-hydrogen) atoms. The molecule has 1 aliphatic heterocycles. The van der Waals surface area contributed by atoms with Crippen molar-refractivity contribution in [3.05, 3.63) is 29.8 Å². The summed E-state index contributed by atoms with van der Waals surface area (Å²) in [6, 6.07) is 8.10. The number of amides is 1. The Morgan fingerprint density at radius 3 is 2.78 bits per heavy atom. The number of hydrogen-bond donors (Lipinski definition) is 1. The number of nitrogens with one attached hydrogen (secondary N) is 1. The summed E-state index contributed by atoms with van der Waals surface area (Å²) in [6.45, 7) is 5.65. The van der Waals surface area contributed by atoms with Gasteiger partial charge in [0, 0.05) is 19.6 Å². The first-order chi connectivity index (χ1) is 8.79. The quantitative estimate of drug-likeness (QED) is 0.847. The van der Waals surface area contributed by atoms with E-state index < -0.39 is 0 Å². The van der Waals surface area contributed by atoms with E-state index in [2.05, 4.69) is 17.4 Å². The molecule has 1 aromatic rings.